The van der Waals surface area contributed by atoms with Crippen LogP contribution >= 0.6 is 11.3 Å². The summed E-state index contributed by atoms with van der Waals surface area (Å²) in [5.74, 6) is 0.577. The van der Waals surface area contributed by atoms with Crippen LogP contribution in [0.15, 0.2) is 77.1 Å². The molecule has 0 fully saturated rings. The quantitative estimate of drug-likeness (QED) is 0.506. The first-order chi connectivity index (χ1) is 12.2. The van der Waals surface area contributed by atoms with Crippen LogP contribution in [0.3, 0.4) is 0 Å². The van der Waals surface area contributed by atoms with E-state index in [9.17, 15) is 0 Å². The Morgan fingerprint density at radius 3 is 2.56 bits per heavy atom. The molecule has 0 saturated carbocycles. The van der Waals surface area contributed by atoms with Gasteiger partial charge < -0.3 is 10.6 Å². The average molecular weight is 349 g/mol. The standard InChI is InChI=1S/C21H23N3S/c1-24(16-18-7-3-2-4-8-18)13-12-17-9-5-10-19(15-17)23-21(22)20-11-6-14-25-20/h2-11,14-15H,12-13,16H2,1H3,(H2,22,23)/i1-1. The Bertz CT molecular complexity index is 810. The van der Waals surface area contributed by atoms with E-state index in [4.69, 9.17) is 5.73 Å². The van der Waals surface area contributed by atoms with Gasteiger partial charge in [-0.3, -0.25) is 0 Å². The molecular formula is C21H23N3S. The fraction of sp³-hybridized carbons (Fsp3) is 0.190. The number of hydrogen-bond acceptors (Lipinski definition) is 3. The minimum atomic E-state index is 0.577. The van der Waals surface area contributed by atoms with E-state index in [1.807, 2.05) is 29.6 Å². The molecule has 3 rings (SSSR count). The Labute approximate surface area is 153 Å². The molecule has 0 aliphatic rings. The lowest BCUT2D eigenvalue weighted by Crippen LogP contribution is -2.20. The lowest BCUT2D eigenvalue weighted by atomic mass is 10.1. The fourth-order valence-electron chi connectivity index (χ4n) is 2.69. The molecule has 0 aliphatic heterocycles. The van der Waals surface area contributed by atoms with Crippen LogP contribution in [-0.2, 0) is 13.0 Å². The zero-order valence-electron chi connectivity index (χ0n) is 14.4. The van der Waals surface area contributed by atoms with E-state index in [1.54, 1.807) is 11.3 Å². The Morgan fingerprint density at radius 2 is 1.80 bits per heavy atom. The molecule has 1 aromatic heterocycles. The van der Waals surface area contributed by atoms with E-state index >= 15 is 0 Å². The molecule has 2 N–H and O–H groups in total. The summed E-state index contributed by atoms with van der Waals surface area (Å²) < 4.78 is 0. The van der Waals surface area contributed by atoms with E-state index in [0.717, 1.165) is 30.1 Å². The van der Waals surface area contributed by atoms with Crippen molar-refractivity contribution in [1.82, 2.24) is 4.90 Å². The van der Waals surface area contributed by atoms with Gasteiger partial charge in [-0.25, -0.2) is 4.99 Å². The van der Waals surface area contributed by atoms with Crippen LogP contribution in [0.1, 0.15) is 16.0 Å². The predicted molar refractivity (Wildman–Crippen MR) is 108 cm³/mol. The molecule has 0 aliphatic carbocycles. The number of thiophene rings is 1. The third-order valence-corrected chi connectivity index (χ3v) is 4.90. The van der Waals surface area contributed by atoms with Crippen molar-refractivity contribution >= 4 is 22.9 Å². The van der Waals surface area contributed by atoms with E-state index < -0.39 is 0 Å². The Balaban J connectivity index is 1.59. The van der Waals surface area contributed by atoms with Gasteiger partial charge >= 0.3 is 0 Å². The fourth-order valence-corrected chi connectivity index (χ4v) is 3.32. The first-order valence-electron chi connectivity index (χ1n) is 8.40. The normalized spacial score (nSPS) is 11.8. The summed E-state index contributed by atoms with van der Waals surface area (Å²) in [5, 5.41) is 2.01. The number of hydrogen-bond donors (Lipinski definition) is 1. The van der Waals surface area contributed by atoms with E-state index in [1.165, 1.54) is 11.1 Å². The number of likely N-dealkylation sites (N-methyl/N-ethyl adjacent to an activating group) is 1. The molecule has 4 heteroatoms. The number of benzene rings is 2. The number of aliphatic imine (C=N–C) groups is 1. The van der Waals surface area contributed by atoms with Gasteiger partial charge in [0.05, 0.1) is 10.6 Å². The van der Waals surface area contributed by atoms with Crippen molar-refractivity contribution in [3.63, 3.8) is 0 Å². The Morgan fingerprint density at radius 1 is 1.00 bits per heavy atom. The minimum Gasteiger partial charge on any atom is -0.383 e. The molecule has 0 unspecified atom stereocenters. The van der Waals surface area contributed by atoms with E-state index in [0.29, 0.717) is 5.84 Å². The van der Waals surface area contributed by atoms with Gasteiger partial charge in [0.25, 0.3) is 0 Å². The number of nitrogens with two attached hydrogens (primary N) is 1. The molecule has 0 bridgehead atoms. The monoisotopic (exact) mass is 348 g/mol. The van der Waals surface area contributed by atoms with Crippen molar-refractivity contribution in [3.8, 4) is 0 Å². The summed E-state index contributed by atoms with van der Waals surface area (Å²) in [4.78, 5) is 7.89. The number of nitrogens with zero attached hydrogens (tertiary/aromatic N) is 2. The van der Waals surface area contributed by atoms with E-state index in [-0.39, 0.29) is 0 Å². The molecule has 2 aromatic carbocycles. The van der Waals surface area contributed by atoms with E-state index in [2.05, 4.69) is 59.4 Å². The summed E-state index contributed by atoms with van der Waals surface area (Å²) in [6, 6.07) is 22.9. The molecule has 128 valence electrons. The van der Waals surface area contributed by atoms with Crippen molar-refractivity contribution < 1.29 is 0 Å². The van der Waals surface area contributed by atoms with Crippen molar-refractivity contribution in [3.05, 3.63) is 88.1 Å². The van der Waals surface area contributed by atoms with Crippen molar-refractivity contribution in [2.45, 2.75) is 13.0 Å². The zero-order valence-corrected chi connectivity index (χ0v) is 15.2. The maximum Gasteiger partial charge on any atom is 0.141 e. The van der Waals surface area contributed by atoms with Crippen LogP contribution in [0.2, 0.25) is 0 Å². The second kappa shape index (κ2) is 8.60. The van der Waals surface area contributed by atoms with Crippen molar-refractivity contribution in [1.29, 1.82) is 0 Å². The van der Waals surface area contributed by atoms with Gasteiger partial charge in [0, 0.05) is 13.1 Å². The lowest BCUT2D eigenvalue weighted by molar-refractivity contribution is 0.331. The summed E-state index contributed by atoms with van der Waals surface area (Å²) >= 11 is 1.61. The van der Waals surface area contributed by atoms with Crippen molar-refractivity contribution in [2.75, 3.05) is 13.6 Å². The summed E-state index contributed by atoms with van der Waals surface area (Å²) in [5.41, 5.74) is 9.61. The largest absolute Gasteiger partial charge is 0.383 e. The maximum atomic E-state index is 6.08. The minimum absolute atomic E-state index is 0.577. The molecule has 1 heterocycles. The Hall–Kier alpha value is -2.43. The predicted octanol–water partition coefficient (Wildman–Crippen LogP) is 4.46. The van der Waals surface area contributed by atoms with Gasteiger partial charge in [-0.05, 0) is 48.2 Å². The van der Waals surface area contributed by atoms with Gasteiger partial charge in [-0.15, -0.1) is 11.3 Å². The van der Waals surface area contributed by atoms with Gasteiger partial charge in [0.15, 0.2) is 0 Å². The molecular weight excluding hydrogens is 325 g/mol. The highest BCUT2D eigenvalue weighted by Gasteiger charge is 2.03. The highest BCUT2D eigenvalue weighted by molar-refractivity contribution is 7.12. The van der Waals surface area contributed by atoms with Crippen molar-refractivity contribution in [2.24, 2.45) is 10.7 Å². The van der Waals surface area contributed by atoms with Gasteiger partial charge in [0.1, 0.15) is 5.84 Å². The Kier molecular flexibility index (Phi) is 5.99. The maximum absolute atomic E-state index is 6.08. The van der Waals surface area contributed by atoms with Crippen LogP contribution in [0.25, 0.3) is 0 Å². The molecule has 0 radical (unpaired) electrons. The second-order valence-electron chi connectivity index (χ2n) is 6.12. The second-order valence-corrected chi connectivity index (χ2v) is 7.07. The molecule has 0 amide bonds. The summed E-state index contributed by atoms with van der Waals surface area (Å²) in [6.45, 7) is 1.96. The molecule has 25 heavy (non-hydrogen) atoms. The molecule has 0 spiro atoms. The van der Waals surface area contributed by atoms with Crippen LogP contribution in [0.5, 0.6) is 0 Å². The van der Waals surface area contributed by atoms with Crippen LogP contribution < -0.4 is 5.73 Å². The smallest absolute Gasteiger partial charge is 0.141 e. The van der Waals surface area contributed by atoms with Crippen LogP contribution in [0.4, 0.5) is 5.69 Å². The molecule has 3 nitrogen and oxygen atoms in total. The topological polar surface area (TPSA) is 41.6 Å². The van der Waals surface area contributed by atoms with Gasteiger partial charge in [-0.1, -0.05) is 48.5 Å². The molecule has 0 saturated heterocycles. The first-order valence-corrected chi connectivity index (χ1v) is 9.28. The lowest BCUT2D eigenvalue weighted by Gasteiger charge is -2.16. The number of rotatable bonds is 7. The highest BCUT2D eigenvalue weighted by Crippen LogP contribution is 2.17. The SMILES string of the molecule is [11CH3]N(CCc1cccc(N=C(N)c2cccs2)c1)Cc1ccccc1. The first kappa shape index (κ1) is 17.4. The van der Waals surface area contributed by atoms with Crippen LogP contribution in [-0.4, -0.2) is 24.3 Å². The summed E-state index contributed by atoms with van der Waals surface area (Å²) in [6.07, 6.45) is 0.992. The average Bonchev–Trinajstić information content (AvgIpc) is 3.16. The highest BCUT2D eigenvalue weighted by atomic mass is 32.1. The number of amidine groups is 1. The molecule has 3 aromatic rings. The third kappa shape index (κ3) is 5.28. The summed E-state index contributed by atoms with van der Waals surface area (Å²) in [7, 11) is 2.16. The molecule has 0 atom stereocenters. The van der Waals surface area contributed by atoms with Gasteiger partial charge in [0.2, 0.25) is 0 Å². The van der Waals surface area contributed by atoms with Crippen LogP contribution in [0, 0.1) is 0 Å². The third-order valence-electron chi connectivity index (χ3n) is 4.01. The zero-order chi connectivity index (χ0) is 17.5. The van der Waals surface area contributed by atoms with Gasteiger partial charge in [-0.2, -0.15) is 0 Å².